The molecule has 7 heteroatoms. The van der Waals surface area contributed by atoms with E-state index in [1.54, 1.807) is 12.0 Å². The number of aliphatic hydroxyl groups is 1. The number of hydrogen-bond donors (Lipinski definition) is 2. The van der Waals surface area contributed by atoms with Crippen LogP contribution >= 0.6 is 0 Å². The lowest BCUT2D eigenvalue weighted by atomic mass is 10.0. The predicted molar refractivity (Wildman–Crippen MR) is 137 cm³/mol. The van der Waals surface area contributed by atoms with Gasteiger partial charge in [-0.15, -0.1) is 0 Å². The first kappa shape index (κ1) is 26.7. The molecule has 3 N–H and O–H groups in total. The number of rotatable bonds is 12. The number of carbonyl (C=O) groups is 2. The zero-order valence-electron chi connectivity index (χ0n) is 20.8. The van der Waals surface area contributed by atoms with Crippen LogP contribution in [0.25, 0.3) is 0 Å². The highest BCUT2D eigenvalue weighted by molar-refractivity contribution is 5.79. The lowest BCUT2D eigenvalue weighted by Gasteiger charge is -2.29. The quantitative estimate of drug-likeness (QED) is 0.486. The van der Waals surface area contributed by atoms with Crippen molar-refractivity contribution in [2.45, 2.75) is 63.6 Å². The fourth-order valence-corrected chi connectivity index (χ4v) is 4.48. The Balaban J connectivity index is 1.60. The standard InChI is InChI=1S/C28H39N3O4/c1-35-24-13-8-12-23(18-24)20-31(21-26(32)25(29)19-22-10-4-2-5-11-22)28(34)15-9-14-27(33)30-16-6-3-7-17-30/h2,4-5,8,10-13,18,25-26,32H,3,6-7,9,14-17,19-21,29H2,1H3/t25-,26+/m0/s1. The summed E-state index contributed by atoms with van der Waals surface area (Å²) < 4.78 is 5.32. The van der Waals surface area contributed by atoms with Crippen molar-refractivity contribution in [3.63, 3.8) is 0 Å². The fraction of sp³-hybridized carbons (Fsp3) is 0.500. The number of amides is 2. The molecule has 1 heterocycles. The van der Waals surface area contributed by atoms with Gasteiger partial charge in [0.15, 0.2) is 0 Å². The van der Waals surface area contributed by atoms with Gasteiger partial charge in [0.05, 0.1) is 13.2 Å². The zero-order chi connectivity index (χ0) is 25.0. The Hall–Kier alpha value is -2.90. The van der Waals surface area contributed by atoms with Crippen LogP contribution < -0.4 is 10.5 Å². The Kier molecular flexibility index (Phi) is 10.6. The average Bonchev–Trinajstić information content (AvgIpc) is 2.89. The van der Waals surface area contributed by atoms with Crippen molar-refractivity contribution in [2.24, 2.45) is 5.73 Å². The Morgan fingerprint density at radius 1 is 1.03 bits per heavy atom. The summed E-state index contributed by atoms with van der Waals surface area (Å²) in [5, 5.41) is 10.9. The molecule has 2 atom stereocenters. The van der Waals surface area contributed by atoms with Crippen LogP contribution in [0.4, 0.5) is 0 Å². The number of carbonyl (C=O) groups excluding carboxylic acids is 2. The second-order valence-corrected chi connectivity index (χ2v) is 9.34. The van der Waals surface area contributed by atoms with Crippen LogP contribution in [0, 0.1) is 0 Å². The van der Waals surface area contributed by atoms with Gasteiger partial charge in [0, 0.05) is 45.1 Å². The van der Waals surface area contributed by atoms with Crippen LogP contribution in [0.15, 0.2) is 54.6 Å². The van der Waals surface area contributed by atoms with Crippen molar-refractivity contribution in [1.82, 2.24) is 9.80 Å². The molecule has 2 aromatic carbocycles. The van der Waals surface area contributed by atoms with Crippen molar-refractivity contribution >= 4 is 11.8 Å². The van der Waals surface area contributed by atoms with E-state index in [0.717, 1.165) is 37.1 Å². The summed E-state index contributed by atoms with van der Waals surface area (Å²) in [6, 6.07) is 16.8. The summed E-state index contributed by atoms with van der Waals surface area (Å²) in [4.78, 5) is 29.2. The van der Waals surface area contributed by atoms with Gasteiger partial charge in [-0.1, -0.05) is 42.5 Å². The van der Waals surface area contributed by atoms with Crippen LogP contribution in [-0.2, 0) is 22.6 Å². The van der Waals surface area contributed by atoms with E-state index in [9.17, 15) is 14.7 Å². The Bertz CT molecular complexity index is 931. The lowest BCUT2D eigenvalue weighted by Crippen LogP contribution is -2.46. The maximum absolute atomic E-state index is 13.2. The van der Waals surface area contributed by atoms with Crippen LogP contribution in [0.5, 0.6) is 5.75 Å². The summed E-state index contributed by atoms with van der Waals surface area (Å²) in [7, 11) is 1.60. The molecule has 0 spiro atoms. The molecule has 0 saturated carbocycles. The van der Waals surface area contributed by atoms with Gasteiger partial charge in [0.1, 0.15) is 5.75 Å². The van der Waals surface area contributed by atoms with Gasteiger partial charge in [0.25, 0.3) is 0 Å². The number of ether oxygens (including phenoxy) is 1. The molecule has 2 aromatic rings. The minimum atomic E-state index is -0.875. The van der Waals surface area contributed by atoms with Crippen molar-refractivity contribution in [1.29, 1.82) is 0 Å². The molecular formula is C28H39N3O4. The molecule has 1 aliphatic heterocycles. The summed E-state index contributed by atoms with van der Waals surface area (Å²) in [6.07, 6.45) is 4.05. The van der Waals surface area contributed by atoms with Gasteiger partial charge in [0.2, 0.25) is 11.8 Å². The van der Waals surface area contributed by atoms with E-state index < -0.39 is 12.1 Å². The van der Waals surface area contributed by atoms with Crippen molar-refractivity contribution < 1.29 is 19.4 Å². The van der Waals surface area contributed by atoms with E-state index >= 15 is 0 Å². The maximum atomic E-state index is 13.2. The van der Waals surface area contributed by atoms with Gasteiger partial charge in [-0.3, -0.25) is 9.59 Å². The number of likely N-dealkylation sites (tertiary alicyclic amines) is 1. The SMILES string of the molecule is COc1cccc(CN(C[C@@H](O)[C@@H](N)Cc2ccccc2)C(=O)CCCC(=O)N2CCCCC2)c1. The highest BCUT2D eigenvalue weighted by Crippen LogP contribution is 2.17. The first-order valence-corrected chi connectivity index (χ1v) is 12.6. The van der Waals surface area contributed by atoms with E-state index in [4.69, 9.17) is 10.5 Å². The normalized spacial score (nSPS) is 15.3. The maximum Gasteiger partial charge on any atom is 0.222 e. The third-order valence-corrected chi connectivity index (χ3v) is 6.57. The molecule has 0 bridgehead atoms. The summed E-state index contributed by atoms with van der Waals surface area (Å²) in [5.41, 5.74) is 8.25. The molecule has 3 rings (SSSR count). The largest absolute Gasteiger partial charge is 0.497 e. The average molecular weight is 482 g/mol. The Morgan fingerprint density at radius 3 is 2.46 bits per heavy atom. The van der Waals surface area contributed by atoms with Crippen LogP contribution in [0.1, 0.15) is 49.7 Å². The number of piperidine rings is 1. The molecule has 0 aliphatic carbocycles. The summed E-state index contributed by atoms with van der Waals surface area (Å²) in [6.45, 7) is 2.11. The molecule has 7 nitrogen and oxygen atoms in total. The van der Waals surface area contributed by atoms with Gasteiger partial charge < -0.3 is 25.4 Å². The molecule has 0 radical (unpaired) electrons. The first-order valence-electron chi connectivity index (χ1n) is 12.6. The van der Waals surface area contributed by atoms with Crippen molar-refractivity contribution in [3.8, 4) is 5.75 Å². The minimum absolute atomic E-state index is 0.0924. The van der Waals surface area contributed by atoms with E-state index in [1.165, 1.54) is 6.42 Å². The molecule has 35 heavy (non-hydrogen) atoms. The number of hydrogen-bond acceptors (Lipinski definition) is 5. The molecule has 1 aliphatic rings. The van der Waals surface area contributed by atoms with Gasteiger partial charge in [-0.05, 0) is 55.4 Å². The Labute approximate surface area is 208 Å². The summed E-state index contributed by atoms with van der Waals surface area (Å²) >= 11 is 0. The third-order valence-electron chi connectivity index (χ3n) is 6.57. The van der Waals surface area contributed by atoms with Crippen molar-refractivity contribution in [2.75, 3.05) is 26.7 Å². The van der Waals surface area contributed by atoms with E-state index in [1.807, 2.05) is 59.5 Å². The van der Waals surface area contributed by atoms with E-state index in [-0.39, 0.29) is 24.8 Å². The van der Waals surface area contributed by atoms with Gasteiger partial charge >= 0.3 is 0 Å². The van der Waals surface area contributed by atoms with Crippen LogP contribution in [-0.4, -0.2) is 65.6 Å². The smallest absolute Gasteiger partial charge is 0.222 e. The molecular weight excluding hydrogens is 442 g/mol. The van der Waals surface area contributed by atoms with Crippen LogP contribution in [0.3, 0.4) is 0 Å². The van der Waals surface area contributed by atoms with Crippen LogP contribution in [0.2, 0.25) is 0 Å². The molecule has 1 fully saturated rings. The van der Waals surface area contributed by atoms with Gasteiger partial charge in [-0.2, -0.15) is 0 Å². The number of benzene rings is 2. The zero-order valence-corrected chi connectivity index (χ0v) is 20.8. The summed E-state index contributed by atoms with van der Waals surface area (Å²) in [5.74, 6) is 0.746. The first-order chi connectivity index (χ1) is 17.0. The molecule has 190 valence electrons. The molecule has 1 saturated heterocycles. The number of nitrogens with zero attached hydrogens (tertiary/aromatic N) is 2. The topological polar surface area (TPSA) is 96.1 Å². The highest BCUT2D eigenvalue weighted by atomic mass is 16.5. The van der Waals surface area contributed by atoms with Crippen molar-refractivity contribution in [3.05, 3.63) is 65.7 Å². The third kappa shape index (κ3) is 8.67. The number of aliphatic hydroxyl groups excluding tert-OH is 1. The number of nitrogens with two attached hydrogens (primary N) is 1. The predicted octanol–water partition coefficient (Wildman–Crippen LogP) is 3.14. The van der Waals surface area contributed by atoms with Gasteiger partial charge in [-0.25, -0.2) is 0 Å². The lowest BCUT2D eigenvalue weighted by molar-refractivity contribution is -0.134. The molecule has 0 aromatic heterocycles. The molecule has 0 unspecified atom stereocenters. The second kappa shape index (κ2) is 13.9. The minimum Gasteiger partial charge on any atom is -0.497 e. The van der Waals surface area contributed by atoms with E-state index in [2.05, 4.69) is 0 Å². The molecule has 2 amide bonds. The Morgan fingerprint density at radius 2 is 1.74 bits per heavy atom. The monoisotopic (exact) mass is 481 g/mol. The second-order valence-electron chi connectivity index (χ2n) is 9.34. The van der Waals surface area contributed by atoms with E-state index in [0.29, 0.717) is 31.6 Å². The highest BCUT2D eigenvalue weighted by Gasteiger charge is 2.23. The fourth-order valence-electron chi connectivity index (χ4n) is 4.48. The number of methoxy groups -OCH3 is 1.